The number of esters is 1. The smallest absolute Gasteiger partial charge is 0.407 e. The van der Waals surface area contributed by atoms with E-state index in [1.54, 1.807) is 6.92 Å². The molecule has 1 aromatic carbocycles. The van der Waals surface area contributed by atoms with Gasteiger partial charge >= 0.3 is 12.1 Å². The molecule has 0 saturated carbocycles. The van der Waals surface area contributed by atoms with Crippen LogP contribution in [-0.4, -0.2) is 58.0 Å². The van der Waals surface area contributed by atoms with E-state index >= 15 is 0 Å². The van der Waals surface area contributed by atoms with Gasteiger partial charge in [-0.15, -0.1) is 0 Å². The van der Waals surface area contributed by atoms with Crippen molar-refractivity contribution in [3.05, 3.63) is 29.3 Å². The molecule has 0 aromatic heterocycles. The predicted octanol–water partition coefficient (Wildman–Crippen LogP) is 1.96. The van der Waals surface area contributed by atoms with Gasteiger partial charge in [0.05, 0.1) is 19.4 Å². The van der Waals surface area contributed by atoms with Crippen LogP contribution in [0.1, 0.15) is 24.5 Å². The predicted molar refractivity (Wildman–Crippen MR) is 101 cm³/mol. The first-order valence-electron chi connectivity index (χ1n) is 8.73. The minimum atomic E-state index is -0.952. The van der Waals surface area contributed by atoms with Gasteiger partial charge in [-0.05, 0) is 31.9 Å². The Kier molecular flexibility index (Phi) is 9.29. The molecule has 2 amide bonds. The number of amides is 2. The number of hydrogen-bond acceptors (Lipinski definition) is 6. The summed E-state index contributed by atoms with van der Waals surface area (Å²) in [6, 6.07) is 4.63. The maximum Gasteiger partial charge on any atom is 0.407 e. The maximum absolute atomic E-state index is 12.8. The normalized spacial score (nSPS) is 11.4. The second-order valence-electron chi connectivity index (χ2n) is 5.93. The van der Waals surface area contributed by atoms with Crippen molar-refractivity contribution in [3.8, 4) is 0 Å². The number of nitrogens with one attached hydrogen (secondary N) is 1. The molecule has 0 spiro atoms. The van der Waals surface area contributed by atoms with Crippen LogP contribution in [0.15, 0.2) is 18.2 Å². The molecule has 150 valence electrons. The van der Waals surface area contributed by atoms with Crippen molar-refractivity contribution in [3.63, 3.8) is 0 Å². The number of carbonyl (C=O) groups is 3. The number of benzene rings is 1. The zero-order valence-corrected chi connectivity index (χ0v) is 16.5. The Hall–Kier alpha value is -2.61. The molecule has 1 N–H and O–H groups in total. The van der Waals surface area contributed by atoms with Gasteiger partial charge < -0.3 is 19.5 Å². The molecule has 27 heavy (non-hydrogen) atoms. The van der Waals surface area contributed by atoms with Crippen molar-refractivity contribution >= 4 is 23.7 Å². The summed E-state index contributed by atoms with van der Waals surface area (Å²) >= 11 is 0. The minimum Gasteiger partial charge on any atom is -0.467 e. The second kappa shape index (κ2) is 11.2. The Bertz CT molecular complexity index is 641. The summed E-state index contributed by atoms with van der Waals surface area (Å²) in [7, 11) is 2.66. The van der Waals surface area contributed by atoms with Gasteiger partial charge in [0.15, 0.2) is 0 Å². The van der Waals surface area contributed by atoms with E-state index in [9.17, 15) is 14.4 Å². The molecule has 0 radical (unpaired) electrons. The molecular weight excluding hydrogens is 352 g/mol. The first-order valence-corrected chi connectivity index (χ1v) is 8.73. The van der Waals surface area contributed by atoms with E-state index in [0.29, 0.717) is 12.2 Å². The lowest BCUT2D eigenvalue weighted by atomic mass is 10.0. The number of hydrogen-bond donors (Lipinski definition) is 1. The van der Waals surface area contributed by atoms with E-state index in [1.807, 2.05) is 32.0 Å². The van der Waals surface area contributed by atoms with Gasteiger partial charge in [-0.2, -0.15) is 0 Å². The number of alkyl carbamates (subject to hydrolysis) is 1. The first kappa shape index (κ1) is 22.4. The highest BCUT2D eigenvalue weighted by atomic mass is 16.5. The van der Waals surface area contributed by atoms with E-state index < -0.39 is 18.1 Å². The number of ether oxygens (including phenoxy) is 3. The average molecular weight is 380 g/mol. The number of carbonyl (C=O) groups excluding carboxylic acids is 3. The second-order valence-corrected chi connectivity index (χ2v) is 5.93. The fourth-order valence-corrected chi connectivity index (χ4v) is 2.78. The van der Waals surface area contributed by atoms with Gasteiger partial charge in [0.1, 0.15) is 12.6 Å². The molecule has 0 heterocycles. The SMILES string of the molecule is CCNC(=O)OCCC(C(=O)OC)N(C(=O)COC)c1c(C)cccc1C. The number of nitrogens with zero attached hydrogens (tertiary/aromatic N) is 1. The van der Waals surface area contributed by atoms with E-state index in [2.05, 4.69) is 5.32 Å². The quantitative estimate of drug-likeness (QED) is 0.658. The Morgan fingerprint density at radius 1 is 1.15 bits per heavy atom. The summed E-state index contributed by atoms with van der Waals surface area (Å²) in [4.78, 5) is 38.1. The van der Waals surface area contributed by atoms with Gasteiger partial charge in [0.25, 0.3) is 5.91 Å². The van der Waals surface area contributed by atoms with E-state index in [0.717, 1.165) is 11.1 Å². The van der Waals surface area contributed by atoms with Crippen molar-refractivity contribution in [1.29, 1.82) is 0 Å². The highest BCUT2D eigenvalue weighted by Gasteiger charge is 2.33. The van der Waals surface area contributed by atoms with Crippen LogP contribution in [0.2, 0.25) is 0 Å². The van der Waals surface area contributed by atoms with Crippen LogP contribution in [0.3, 0.4) is 0 Å². The molecule has 1 rings (SSSR count). The Labute approximate surface area is 159 Å². The summed E-state index contributed by atoms with van der Waals surface area (Å²) in [5, 5.41) is 2.51. The Balaban J connectivity index is 3.20. The molecule has 8 heteroatoms. The highest BCUT2D eigenvalue weighted by molar-refractivity contribution is 6.01. The summed E-state index contributed by atoms with van der Waals surface area (Å²) in [6.07, 6.45) is -0.490. The van der Waals surface area contributed by atoms with Gasteiger partial charge in [-0.25, -0.2) is 9.59 Å². The zero-order chi connectivity index (χ0) is 20.4. The maximum atomic E-state index is 12.8. The van der Waals surface area contributed by atoms with Gasteiger partial charge in [-0.3, -0.25) is 9.69 Å². The standard InChI is InChI=1S/C19H28N2O6/c1-6-20-19(24)27-11-10-15(18(23)26-5)21(16(22)12-25-4)17-13(2)8-7-9-14(17)3/h7-9,15H,6,10-12H2,1-5H3,(H,20,24). The summed E-state index contributed by atoms with van der Waals surface area (Å²) in [6.45, 7) is 5.67. The van der Waals surface area contributed by atoms with Crippen LogP contribution in [0.5, 0.6) is 0 Å². The lowest BCUT2D eigenvalue weighted by Gasteiger charge is -2.32. The van der Waals surface area contributed by atoms with E-state index in [-0.39, 0.29) is 25.5 Å². The average Bonchev–Trinajstić information content (AvgIpc) is 2.62. The van der Waals surface area contributed by atoms with Crippen LogP contribution < -0.4 is 10.2 Å². The molecular formula is C19H28N2O6. The topological polar surface area (TPSA) is 94.2 Å². The van der Waals surface area contributed by atoms with Crippen molar-refractivity contribution in [2.75, 3.05) is 38.9 Å². The number of methoxy groups -OCH3 is 2. The largest absolute Gasteiger partial charge is 0.467 e. The fraction of sp³-hybridized carbons (Fsp3) is 0.526. The molecule has 0 bridgehead atoms. The summed E-state index contributed by atoms with van der Waals surface area (Å²) < 4.78 is 15.0. The minimum absolute atomic E-state index is 0.0483. The molecule has 1 atom stereocenters. The Morgan fingerprint density at radius 2 is 1.78 bits per heavy atom. The van der Waals surface area contributed by atoms with Gasteiger partial charge in [0.2, 0.25) is 0 Å². The fourth-order valence-electron chi connectivity index (χ4n) is 2.78. The van der Waals surface area contributed by atoms with E-state index in [1.165, 1.54) is 19.1 Å². The third-order valence-electron chi connectivity index (χ3n) is 3.95. The number of rotatable bonds is 9. The molecule has 8 nitrogen and oxygen atoms in total. The molecule has 0 aliphatic heterocycles. The molecule has 0 aliphatic rings. The third kappa shape index (κ3) is 6.25. The molecule has 1 unspecified atom stereocenters. The lowest BCUT2D eigenvalue weighted by molar-refractivity contribution is -0.144. The number of anilines is 1. The third-order valence-corrected chi connectivity index (χ3v) is 3.95. The first-order chi connectivity index (χ1) is 12.9. The van der Waals surface area contributed by atoms with Crippen molar-refractivity contribution in [1.82, 2.24) is 5.32 Å². The summed E-state index contributed by atoms with van der Waals surface area (Å²) in [5.74, 6) is -0.982. The van der Waals surface area contributed by atoms with Gasteiger partial charge in [0, 0.05) is 20.1 Å². The molecule has 1 aromatic rings. The van der Waals surface area contributed by atoms with E-state index in [4.69, 9.17) is 14.2 Å². The van der Waals surface area contributed by atoms with Crippen LogP contribution in [0.4, 0.5) is 10.5 Å². The Morgan fingerprint density at radius 3 is 2.30 bits per heavy atom. The molecule has 0 fully saturated rings. The van der Waals surface area contributed by atoms with Crippen LogP contribution in [0.25, 0.3) is 0 Å². The lowest BCUT2D eigenvalue weighted by Crippen LogP contribution is -2.48. The van der Waals surface area contributed by atoms with Crippen molar-refractivity contribution < 1.29 is 28.6 Å². The van der Waals surface area contributed by atoms with Crippen molar-refractivity contribution in [2.45, 2.75) is 33.2 Å². The van der Waals surface area contributed by atoms with Crippen LogP contribution in [0, 0.1) is 13.8 Å². The molecule has 0 aliphatic carbocycles. The monoisotopic (exact) mass is 380 g/mol. The van der Waals surface area contributed by atoms with Crippen LogP contribution >= 0.6 is 0 Å². The molecule has 0 saturated heterocycles. The van der Waals surface area contributed by atoms with Crippen molar-refractivity contribution in [2.24, 2.45) is 0 Å². The zero-order valence-electron chi connectivity index (χ0n) is 16.5. The number of para-hydroxylation sites is 1. The number of aryl methyl sites for hydroxylation is 2. The van der Waals surface area contributed by atoms with Crippen LogP contribution in [-0.2, 0) is 23.8 Å². The van der Waals surface area contributed by atoms with Gasteiger partial charge in [-0.1, -0.05) is 18.2 Å². The highest BCUT2D eigenvalue weighted by Crippen LogP contribution is 2.28. The summed E-state index contributed by atoms with van der Waals surface area (Å²) in [5.41, 5.74) is 2.28.